The number of thiazole rings is 1. The van der Waals surface area contributed by atoms with Crippen LogP contribution in [0.4, 0.5) is 5.69 Å². The third kappa shape index (κ3) is 3.61. The van der Waals surface area contributed by atoms with Gasteiger partial charge >= 0.3 is 0 Å². The van der Waals surface area contributed by atoms with Gasteiger partial charge in [-0.3, -0.25) is 4.79 Å². The summed E-state index contributed by atoms with van der Waals surface area (Å²) in [4.78, 5) is 17.1. The van der Waals surface area contributed by atoms with Crippen LogP contribution < -0.4 is 19.5 Å². The van der Waals surface area contributed by atoms with Crippen LogP contribution in [0.2, 0.25) is 0 Å². The first-order valence-corrected chi connectivity index (χ1v) is 11.0. The molecule has 0 unspecified atom stereocenters. The predicted octanol–water partition coefficient (Wildman–Crippen LogP) is 5.00. The van der Waals surface area contributed by atoms with Crippen LogP contribution in [0.5, 0.6) is 17.2 Å². The fourth-order valence-corrected chi connectivity index (χ4v) is 5.12. The highest BCUT2D eigenvalue weighted by atomic mass is 32.1. The van der Waals surface area contributed by atoms with Gasteiger partial charge in [0.1, 0.15) is 5.75 Å². The van der Waals surface area contributed by atoms with E-state index < -0.39 is 0 Å². The molecule has 5 rings (SSSR count). The minimum atomic E-state index is -0.233. The summed E-state index contributed by atoms with van der Waals surface area (Å²) >= 11 is 3.26. The molecule has 0 saturated heterocycles. The van der Waals surface area contributed by atoms with Gasteiger partial charge in [0.25, 0.3) is 5.91 Å². The van der Waals surface area contributed by atoms with Crippen molar-refractivity contribution in [1.29, 1.82) is 0 Å². The number of carbonyl (C=O) groups is 1. The van der Waals surface area contributed by atoms with Gasteiger partial charge in [0.2, 0.25) is 0 Å². The minimum Gasteiger partial charge on any atom is -0.490 e. The first-order chi connectivity index (χ1) is 14.2. The van der Waals surface area contributed by atoms with Crippen LogP contribution in [0.25, 0.3) is 20.3 Å². The molecule has 0 atom stereocenters. The Labute approximate surface area is 175 Å². The zero-order valence-corrected chi connectivity index (χ0v) is 17.3. The summed E-state index contributed by atoms with van der Waals surface area (Å²) in [7, 11) is 0. The van der Waals surface area contributed by atoms with E-state index in [1.54, 1.807) is 34.8 Å². The maximum atomic E-state index is 12.4. The van der Waals surface area contributed by atoms with Crippen LogP contribution in [-0.4, -0.2) is 30.7 Å². The third-order valence-electron chi connectivity index (χ3n) is 4.56. The summed E-state index contributed by atoms with van der Waals surface area (Å²) in [6, 6.07) is 9.36. The Bertz CT molecular complexity index is 1210. The molecule has 1 amide bonds. The fraction of sp³-hybridized carbons (Fsp3) is 0.238. The van der Waals surface area contributed by atoms with Gasteiger partial charge in [0, 0.05) is 29.6 Å². The van der Waals surface area contributed by atoms with Crippen LogP contribution in [0.1, 0.15) is 11.4 Å². The van der Waals surface area contributed by atoms with Gasteiger partial charge in [-0.25, -0.2) is 4.98 Å². The Hall–Kier alpha value is -2.84. The van der Waals surface area contributed by atoms with E-state index in [2.05, 4.69) is 10.3 Å². The molecule has 4 aromatic rings. The average molecular weight is 427 g/mol. The van der Waals surface area contributed by atoms with Gasteiger partial charge in [-0.2, -0.15) is 0 Å². The summed E-state index contributed by atoms with van der Waals surface area (Å²) in [6.45, 7) is 3.15. The first kappa shape index (κ1) is 18.2. The number of thiophene rings is 1. The van der Waals surface area contributed by atoms with E-state index in [9.17, 15) is 4.79 Å². The van der Waals surface area contributed by atoms with Crippen LogP contribution in [0.15, 0.2) is 35.7 Å². The van der Waals surface area contributed by atoms with E-state index in [-0.39, 0.29) is 12.5 Å². The Morgan fingerprint density at radius 1 is 1.21 bits per heavy atom. The van der Waals surface area contributed by atoms with Gasteiger partial charge in [0.15, 0.2) is 18.1 Å². The summed E-state index contributed by atoms with van der Waals surface area (Å²) in [6.07, 6.45) is 0.838. The summed E-state index contributed by atoms with van der Waals surface area (Å²) in [5.41, 5.74) is 1.65. The number of nitrogens with zero attached hydrogens (tertiary/aromatic N) is 1. The molecule has 2 aromatic carbocycles. The second kappa shape index (κ2) is 7.53. The number of aromatic nitrogens is 1. The van der Waals surface area contributed by atoms with E-state index in [0.29, 0.717) is 36.1 Å². The molecule has 1 N–H and O–H groups in total. The Morgan fingerprint density at radius 3 is 2.97 bits per heavy atom. The molecule has 0 saturated carbocycles. The van der Waals surface area contributed by atoms with Crippen molar-refractivity contribution in [3.63, 3.8) is 0 Å². The highest BCUT2D eigenvalue weighted by Crippen LogP contribution is 2.39. The van der Waals surface area contributed by atoms with Crippen LogP contribution in [-0.2, 0) is 4.79 Å². The zero-order valence-electron chi connectivity index (χ0n) is 15.7. The van der Waals surface area contributed by atoms with Crippen molar-refractivity contribution in [3.05, 3.63) is 40.7 Å². The standard InChI is InChI=1S/C21H18N2O4S2/c1-12-22-20-18(29-12)10-16(14-5-8-28-21(14)20)27-11-19(24)23-13-3-4-15-17(9-13)26-7-2-6-25-15/h3-5,8-10H,2,6-7,11H2,1H3,(H,23,24). The number of ether oxygens (including phenoxy) is 3. The van der Waals surface area contributed by atoms with E-state index >= 15 is 0 Å². The molecule has 1 aliphatic heterocycles. The number of aryl methyl sites for hydroxylation is 1. The SMILES string of the molecule is Cc1nc2c(cc(OCC(=O)Nc3ccc4c(c3)OCCCO4)c3ccsc32)s1. The van der Waals surface area contributed by atoms with Gasteiger partial charge in [-0.05, 0) is 30.5 Å². The largest absolute Gasteiger partial charge is 0.490 e. The number of nitrogens with one attached hydrogen (secondary N) is 1. The molecule has 0 bridgehead atoms. The highest BCUT2D eigenvalue weighted by Gasteiger charge is 2.15. The molecule has 8 heteroatoms. The van der Waals surface area contributed by atoms with Gasteiger partial charge in [-0.15, -0.1) is 22.7 Å². The van der Waals surface area contributed by atoms with Crippen molar-refractivity contribution in [2.45, 2.75) is 13.3 Å². The van der Waals surface area contributed by atoms with Crippen molar-refractivity contribution < 1.29 is 19.0 Å². The number of benzene rings is 2. The van der Waals surface area contributed by atoms with E-state index in [1.165, 1.54) is 0 Å². The maximum absolute atomic E-state index is 12.4. The molecule has 148 valence electrons. The summed E-state index contributed by atoms with van der Waals surface area (Å²) < 4.78 is 19.3. The monoisotopic (exact) mass is 426 g/mol. The van der Waals surface area contributed by atoms with Crippen molar-refractivity contribution in [1.82, 2.24) is 4.98 Å². The lowest BCUT2D eigenvalue weighted by atomic mass is 10.2. The molecule has 2 aromatic heterocycles. The first-order valence-electron chi connectivity index (χ1n) is 9.27. The van der Waals surface area contributed by atoms with Gasteiger partial charge < -0.3 is 19.5 Å². The Kier molecular flexibility index (Phi) is 4.73. The molecule has 1 aliphatic rings. The molecular weight excluding hydrogens is 408 g/mol. The van der Waals surface area contributed by atoms with Crippen LogP contribution in [0.3, 0.4) is 0 Å². The van der Waals surface area contributed by atoms with Crippen LogP contribution >= 0.6 is 22.7 Å². The number of hydrogen-bond acceptors (Lipinski definition) is 7. The summed E-state index contributed by atoms with van der Waals surface area (Å²) in [5.74, 6) is 1.81. The molecule has 6 nitrogen and oxygen atoms in total. The molecule has 0 spiro atoms. The zero-order chi connectivity index (χ0) is 19.8. The smallest absolute Gasteiger partial charge is 0.262 e. The number of fused-ring (bicyclic) bond motifs is 4. The number of anilines is 1. The molecule has 0 fully saturated rings. The second-order valence-electron chi connectivity index (χ2n) is 6.67. The maximum Gasteiger partial charge on any atom is 0.262 e. The number of hydrogen-bond donors (Lipinski definition) is 1. The van der Waals surface area contributed by atoms with E-state index in [4.69, 9.17) is 14.2 Å². The Morgan fingerprint density at radius 2 is 2.07 bits per heavy atom. The van der Waals surface area contributed by atoms with Crippen molar-refractivity contribution in [2.75, 3.05) is 25.1 Å². The third-order valence-corrected chi connectivity index (χ3v) is 6.40. The van der Waals surface area contributed by atoms with Crippen LogP contribution in [0, 0.1) is 6.92 Å². The van der Waals surface area contributed by atoms with E-state index in [0.717, 1.165) is 31.7 Å². The van der Waals surface area contributed by atoms with Crippen molar-refractivity contribution >= 4 is 54.6 Å². The van der Waals surface area contributed by atoms with Gasteiger partial charge in [-0.1, -0.05) is 0 Å². The molecule has 3 heterocycles. The lowest BCUT2D eigenvalue weighted by Gasteiger charge is -2.11. The number of carbonyl (C=O) groups excluding carboxylic acids is 1. The Balaban J connectivity index is 1.32. The van der Waals surface area contributed by atoms with E-state index in [1.807, 2.05) is 30.5 Å². The quantitative estimate of drug-likeness (QED) is 0.497. The topological polar surface area (TPSA) is 69.7 Å². The molecule has 0 radical (unpaired) electrons. The number of rotatable bonds is 4. The normalized spacial score (nSPS) is 13.4. The van der Waals surface area contributed by atoms with Crippen molar-refractivity contribution in [2.24, 2.45) is 0 Å². The van der Waals surface area contributed by atoms with Gasteiger partial charge in [0.05, 0.1) is 33.1 Å². The highest BCUT2D eigenvalue weighted by molar-refractivity contribution is 7.21. The predicted molar refractivity (Wildman–Crippen MR) is 116 cm³/mol. The molecule has 29 heavy (non-hydrogen) atoms. The van der Waals surface area contributed by atoms with Crippen molar-refractivity contribution in [3.8, 4) is 17.2 Å². The minimum absolute atomic E-state index is 0.0807. The summed E-state index contributed by atoms with van der Waals surface area (Å²) in [5, 5.41) is 6.87. The molecular formula is C21H18N2O4S2. The number of amides is 1. The lowest BCUT2D eigenvalue weighted by molar-refractivity contribution is -0.118. The average Bonchev–Trinajstić information content (AvgIpc) is 3.26. The lowest BCUT2D eigenvalue weighted by Crippen LogP contribution is -2.20. The fourth-order valence-electron chi connectivity index (χ4n) is 3.29. The molecule has 0 aliphatic carbocycles. The second-order valence-corrected chi connectivity index (χ2v) is 8.82.